The Morgan fingerprint density at radius 1 is 1.15 bits per heavy atom. The highest BCUT2D eigenvalue weighted by molar-refractivity contribution is 6.06. The molecule has 1 amide bonds. The molecule has 40 heavy (non-hydrogen) atoms. The van der Waals surface area contributed by atoms with Gasteiger partial charge in [0.05, 0.1) is 41.3 Å². The van der Waals surface area contributed by atoms with E-state index in [1.54, 1.807) is 23.1 Å². The summed E-state index contributed by atoms with van der Waals surface area (Å²) in [5.41, 5.74) is 4.42. The van der Waals surface area contributed by atoms with E-state index in [2.05, 4.69) is 79.8 Å². The Kier molecular flexibility index (Phi) is 8.85. The van der Waals surface area contributed by atoms with Crippen LogP contribution in [0.25, 0.3) is 16.9 Å². The van der Waals surface area contributed by atoms with Crippen molar-refractivity contribution in [1.82, 2.24) is 29.9 Å². The minimum atomic E-state index is -1.03. The van der Waals surface area contributed by atoms with Gasteiger partial charge in [-0.1, -0.05) is 24.4 Å². The number of hydrogen-bond donors (Lipinski definition) is 1. The molecule has 1 fully saturated rings. The number of anilines is 2. The molecule has 0 radical (unpaired) electrons. The molecule has 208 valence electrons. The molecule has 0 aromatic carbocycles. The smallest absolute Gasteiger partial charge is 0.270 e. The number of pyridine rings is 2. The summed E-state index contributed by atoms with van der Waals surface area (Å²) in [6, 6.07) is 3.32. The number of carbonyl (C=O) groups excluding carboxylic acids is 1. The maximum Gasteiger partial charge on any atom is 0.270 e. The lowest BCUT2D eigenvalue weighted by Gasteiger charge is -2.38. The van der Waals surface area contributed by atoms with E-state index in [-0.39, 0.29) is 11.3 Å². The SMILES string of the molecule is C=CC(=CC(=C)OC(=C)F)C(=O)Nc1cnc(C)c(-n2cc(-c3cncc(N4CCN(C(C)C)CC4)c3)nn2)c1. The summed E-state index contributed by atoms with van der Waals surface area (Å²) >= 11 is 0. The maximum atomic E-state index is 12.9. The molecule has 4 heterocycles. The van der Waals surface area contributed by atoms with Gasteiger partial charge in [0, 0.05) is 49.6 Å². The van der Waals surface area contributed by atoms with Crippen LogP contribution in [0.5, 0.6) is 0 Å². The Bertz CT molecular complexity index is 1450. The summed E-state index contributed by atoms with van der Waals surface area (Å²) < 4.78 is 19.2. The van der Waals surface area contributed by atoms with Crippen molar-refractivity contribution >= 4 is 17.3 Å². The standard InChI is InChI=1S/C29H33FN8O2/c1-7-23(12-20(4)40-22(6)30)29(39)33-25-14-28(21(5)32-16-25)38-18-27(34-35-38)24-13-26(17-31-15-24)37-10-8-36(9-11-37)19(2)3/h7,12-19H,1,4,6,8-11H2,2-3,5H3,(H,33,39). The van der Waals surface area contributed by atoms with Crippen LogP contribution < -0.4 is 10.2 Å². The summed E-state index contributed by atoms with van der Waals surface area (Å²) in [6.45, 7) is 20.3. The van der Waals surface area contributed by atoms with Crippen LogP contribution >= 0.6 is 0 Å². The van der Waals surface area contributed by atoms with Gasteiger partial charge in [0.15, 0.2) is 0 Å². The molecule has 1 saturated heterocycles. The minimum absolute atomic E-state index is 0.0909. The average molecular weight is 545 g/mol. The Morgan fingerprint density at radius 2 is 1.90 bits per heavy atom. The van der Waals surface area contributed by atoms with Crippen LogP contribution in [0.15, 0.2) is 86.2 Å². The molecule has 1 aliphatic heterocycles. The summed E-state index contributed by atoms with van der Waals surface area (Å²) in [7, 11) is 0. The number of aromatic nitrogens is 5. The van der Waals surface area contributed by atoms with Gasteiger partial charge in [-0.3, -0.25) is 19.7 Å². The number of allylic oxidation sites excluding steroid dienone is 1. The summed E-state index contributed by atoms with van der Waals surface area (Å²) in [4.78, 5) is 26.4. The molecular weight excluding hydrogens is 511 g/mol. The van der Waals surface area contributed by atoms with Crippen molar-refractivity contribution in [3.8, 4) is 16.9 Å². The Balaban J connectivity index is 1.51. The number of carbonyl (C=O) groups is 1. The summed E-state index contributed by atoms with van der Waals surface area (Å²) in [5.74, 6) is -0.594. The molecule has 3 aromatic heterocycles. The van der Waals surface area contributed by atoms with E-state index < -0.39 is 11.9 Å². The van der Waals surface area contributed by atoms with Gasteiger partial charge < -0.3 is 15.0 Å². The third kappa shape index (κ3) is 6.86. The largest absolute Gasteiger partial charge is 0.433 e. The van der Waals surface area contributed by atoms with Gasteiger partial charge in [-0.05, 0) is 45.6 Å². The molecule has 0 saturated carbocycles. The second kappa shape index (κ2) is 12.5. The van der Waals surface area contributed by atoms with Crippen LogP contribution in [0, 0.1) is 6.92 Å². The van der Waals surface area contributed by atoms with Gasteiger partial charge in [-0.15, -0.1) is 5.10 Å². The molecule has 1 aliphatic rings. The van der Waals surface area contributed by atoms with Crippen molar-refractivity contribution in [2.24, 2.45) is 0 Å². The van der Waals surface area contributed by atoms with Crippen LogP contribution in [0.1, 0.15) is 19.5 Å². The predicted octanol–water partition coefficient (Wildman–Crippen LogP) is 4.59. The number of rotatable bonds is 10. The highest BCUT2D eigenvalue weighted by Gasteiger charge is 2.20. The third-order valence-corrected chi connectivity index (χ3v) is 6.53. The first-order chi connectivity index (χ1) is 19.1. The summed E-state index contributed by atoms with van der Waals surface area (Å²) in [6.07, 6.45) is 9.53. The zero-order valence-corrected chi connectivity index (χ0v) is 23.0. The molecule has 4 rings (SSSR count). The molecule has 0 spiro atoms. The van der Waals surface area contributed by atoms with Crippen LogP contribution in [0.4, 0.5) is 15.8 Å². The topological polar surface area (TPSA) is 101 Å². The number of piperazine rings is 1. The lowest BCUT2D eigenvalue weighted by molar-refractivity contribution is -0.112. The van der Waals surface area contributed by atoms with Crippen LogP contribution in [0.3, 0.4) is 0 Å². The molecule has 0 bridgehead atoms. The van der Waals surface area contributed by atoms with Gasteiger partial charge in [0.2, 0.25) is 0 Å². The lowest BCUT2D eigenvalue weighted by atomic mass is 10.2. The van der Waals surface area contributed by atoms with Crippen molar-refractivity contribution in [1.29, 1.82) is 0 Å². The van der Waals surface area contributed by atoms with E-state index in [9.17, 15) is 9.18 Å². The van der Waals surface area contributed by atoms with Crippen LogP contribution in [-0.2, 0) is 9.53 Å². The molecule has 11 heteroatoms. The number of nitrogens with one attached hydrogen (secondary N) is 1. The number of ether oxygens (including phenoxy) is 1. The van der Waals surface area contributed by atoms with E-state index in [1.165, 1.54) is 18.3 Å². The first kappa shape index (κ1) is 28.4. The van der Waals surface area contributed by atoms with Gasteiger partial charge >= 0.3 is 0 Å². The van der Waals surface area contributed by atoms with Crippen molar-refractivity contribution in [2.75, 3.05) is 36.4 Å². The fourth-order valence-corrected chi connectivity index (χ4v) is 4.34. The number of aryl methyl sites for hydroxylation is 1. The number of nitrogens with zero attached hydrogens (tertiary/aromatic N) is 7. The van der Waals surface area contributed by atoms with E-state index in [0.717, 1.165) is 37.4 Å². The van der Waals surface area contributed by atoms with Crippen molar-refractivity contribution < 1.29 is 13.9 Å². The van der Waals surface area contributed by atoms with Gasteiger partial charge in [-0.2, -0.15) is 4.39 Å². The van der Waals surface area contributed by atoms with Gasteiger partial charge in [0.1, 0.15) is 11.5 Å². The van der Waals surface area contributed by atoms with Crippen LogP contribution in [0.2, 0.25) is 0 Å². The number of amides is 1. The van der Waals surface area contributed by atoms with Crippen molar-refractivity contribution in [2.45, 2.75) is 26.8 Å². The first-order valence-corrected chi connectivity index (χ1v) is 12.8. The van der Waals surface area contributed by atoms with Crippen molar-refractivity contribution in [3.63, 3.8) is 0 Å². The fraction of sp³-hybridized carbons (Fsp3) is 0.276. The second-order valence-corrected chi connectivity index (χ2v) is 9.61. The molecule has 10 nitrogen and oxygen atoms in total. The number of hydrogen-bond acceptors (Lipinski definition) is 8. The first-order valence-electron chi connectivity index (χ1n) is 12.8. The minimum Gasteiger partial charge on any atom is -0.433 e. The van der Waals surface area contributed by atoms with E-state index in [1.807, 2.05) is 13.1 Å². The molecule has 1 N–H and O–H groups in total. The Hall–Kier alpha value is -4.64. The van der Waals surface area contributed by atoms with E-state index >= 15 is 0 Å². The summed E-state index contributed by atoms with van der Waals surface area (Å²) in [5, 5.41) is 11.4. The molecule has 0 aliphatic carbocycles. The zero-order valence-electron chi connectivity index (χ0n) is 23.0. The molecule has 0 unspecified atom stereocenters. The number of halogens is 1. The quantitative estimate of drug-likeness (QED) is 0.225. The zero-order chi connectivity index (χ0) is 28.8. The third-order valence-electron chi connectivity index (χ3n) is 6.53. The van der Waals surface area contributed by atoms with E-state index in [4.69, 9.17) is 0 Å². The van der Waals surface area contributed by atoms with Crippen molar-refractivity contribution in [3.05, 3.63) is 91.8 Å². The van der Waals surface area contributed by atoms with Crippen LogP contribution in [-0.4, -0.2) is 68.0 Å². The van der Waals surface area contributed by atoms with Gasteiger partial charge in [0.25, 0.3) is 11.9 Å². The normalized spacial score (nSPS) is 14.2. The second-order valence-electron chi connectivity index (χ2n) is 9.61. The monoisotopic (exact) mass is 544 g/mol. The lowest BCUT2D eigenvalue weighted by Crippen LogP contribution is -2.48. The Labute approximate surface area is 233 Å². The molecular formula is C29H33FN8O2. The van der Waals surface area contributed by atoms with E-state index in [0.29, 0.717) is 28.8 Å². The Morgan fingerprint density at radius 3 is 2.58 bits per heavy atom. The fourth-order valence-electron chi connectivity index (χ4n) is 4.34. The highest BCUT2D eigenvalue weighted by atomic mass is 19.1. The van der Waals surface area contributed by atoms with Gasteiger partial charge in [-0.25, -0.2) is 4.68 Å². The highest BCUT2D eigenvalue weighted by Crippen LogP contribution is 2.25. The molecule has 0 atom stereocenters. The predicted molar refractivity (Wildman–Crippen MR) is 153 cm³/mol. The average Bonchev–Trinajstić information content (AvgIpc) is 3.42. The molecule has 3 aromatic rings. The maximum absolute atomic E-state index is 12.9.